The van der Waals surface area contributed by atoms with E-state index in [2.05, 4.69) is 24.1 Å². The molecular formula is C11H18N2O. The van der Waals surface area contributed by atoms with E-state index in [-0.39, 0.29) is 0 Å². The van der Waals surface area contributed by atoms with Crippen molar-refractivity contribution in [2.24, 2.45) is 0 Å². The van der Waals surface area contributed by atoms with Crippen LogP contribution in [0, 0.1) is 6.92 Å². The van der Waals surface area contributed by atoms with Crippen LogP contribution in [0.5, 0.6) is 0 Å². The molecule has 0 saturated heterocycles. The molecule has 0 aromatic carbocycles. The van der Waals surface area contributed by atoms with Crippen LogP contribution in [0.4, 0.5) is 0 Å². The lowest BCUT2D eigenvalue weighted by molar-refractivity contribution is -0.106. The fourth-order valence-electron chi connectivity index (χ4n) is 0.941. The largest absolute Gasteiger partial charge is 0.313 e. The Labute approximate surface area is 85.6 Å². The van der Waals surface area contributed by atoms with Crippen LogP contribution in [-0.4, -0.2) is 17.8 Å². The summed E-state index contributed by atoms with van der Waals surface area (Å²) in [5.41, 5.74) is 2.59. The number of hydrogen-bond acceptors (Lipinski definition) is 3. The van der Waals surface area contributed by atoms with Crippen LogP contribution in [0.3, 0.4) is 0 Å². The first kappa shape index (κ1) is 12.8. The lowest BCUT2D eigenvalue weighted by Gasteiger charge is -2.03. The zero-order chi connectivity index (χ0) is 10.8. The Morgan fingerprint density at radius 2 is 2.21 bits per heavy atom. The second-order valence-corrected chi connectivity index (χ2v) is 2.82. The Morgan fingerprint density at radius 1 is 1.57 bits per heavy atom. The monoisotopic (exact) mass is 194 g/mol. The minimum atomic E-state index is 0.750. The molecule has 1 rings (SSSR count). The number of hydrogen-bond donors (Lipinski definition) is 1. The van der Waals surface area contributed by atoms with E-state index in [9.17, 15) is 0 Å². The van der Waals surface area contributed by atoms with E-state index in [0.717, 1.165) is 19.4 Å². The van der Waals surface area contributed by atoms with Crippen molar-refractivity contribution in [3.63, 3.8) is 0 Å². The van der Waals surface area contributed by atoms with Gasteiger partial charge in [-0.2, -0.15) is 0 Å². The molecule has 0 radical (unpaired) electrons. The summed E-state index contributed by atoms with van der Waals surface area (Å²) in [6.07, 6.45) is 4.49. The number of carbonyl (C=O) groups excluding carboxylic acids is 1. The van der Waals surface area contributed by atoms with Gasteiger partial charge in [0.1, 0.15) is 6.29 Å². The summed E-state index contributed by atoms with van der Waals surface area (Å²) < 4.78 is 0. The van der Waals surface area contributed by atoms with Gasteiger partial charge in [0, 0.05) is 18.9 Å². The molecule has 78 valence electrons. The molecule has 0 fully saturated rings. The van der Waals surface area contributed by atoms with E-state index >= 15 is 0 Å². The molecule has 3 heteroatoms. The first-order chi connectivity index (χ1) is 6.76. The van der Waals surface area contributed by atoms with Crippen molar-refractivity contribution >= 4 is 6.29 Å². The van der Waals surface area contributed by atoms with E-state index in [0.29, 0.717) is 0 Å². The van der Waals surface area contributed by atoms with Crippen molar-refractivity contribution in [3.05, 3.63) is 29.6 Å². The van der Waals surface area contributed by atoms with Crippen LogP contribution in [-0.2, 0) is 11.3 Å². The average Bonchev–Trinajstić information content (AvgIpc) is 2.18. The highest BCUT2D eigenvalue weighted by Crippen LogP contribution is 2.03. The van der Waals surface area contributed by atoms with Gasteiger partial charge in [0.15, 0.2) is 0 Å². The summed E-state index contributed by atoms with van der Waals surface area (Å²) in [6, 6.07) is 2.03. The van der Waals surface area contributed by atoms with Gasteiger partial charge in [-0.05, 0) is 37.6 Å². The highest BCUT2D eigenvalue weighted by Gasteiger charge is 1.94. The van der Waals surface area contributed by atoms with E-state index < -0.39 is 0 Å². The van der Waals surface area contributed by atoms with Crippen LogP contribution in [0.25, 0.3) is 0 Å². The van der Waals surface area contributed by atoms with Crippen molar-refractivity contribution in [2.45, 2.75) is 27.3 Å². The van der Waals surface area contributed by atoms with Gasteiger partial charge in [0.05, 0.1) is 0 Å². The van der Waals surface area contributed by atoms with E-state index in [1.54, 1.807) is 0 Å². The summed E-state index contributed by atoms with van der Waals surface area (Å²) in [6.45, 7) is 7.59. The average molecular weight is 194 g/mol. The van der Waals surface area contributed by atoms with Crippen LogP contribution in [0.1, 0.15) is 25.0 Å². The summed E-state index contributed by atoms with van der Waals surface area (Å²) in [5.74, 6) is 0. The second kappa shape index (κ2) is 8.38. The molecular weight excluding hydrogens is 176 g/mol. The van der Waals surface area contributed by atoms with E-state index in [1.807, 2.05) is 18.5 Å². The molecule has 14 heavy (non-hydrogen) atoms. The van der Waals surface area contributed by atoms with Crippen molar-refractivity contribution in [1.82, 2.24) is 10.3 Å². The third-order valence-corrected chi connectivity index (χ3v) is 1.71. The Balaban J connectivity index is 0.000000500. The Morgan fingerprint density at radius 3 is 2.71 bits per heavy atom. The number of carbonyl (C=O) groups is 1. The quantitative estimate of drug-likeness (QED) is 0.745. The fourth-order valence-corrected chi connectivity index (χ4v) is 0.941. The number of pyridine rings is 1. The number of aromatic nitrogens is 1. The smallest absolute Gasteiger partial charge is 0.116 e. The predicted molar refractivity (Wildman–Crippen MR) is 58.1 cm³/mol. The minimum absolute atomic E-state index is 0.750. The van der Waals surface area contributed by atoms with Crippen molar-refractivity contribution in [1.29, 1.82) is 0 Å². The number of aryl methyl sites for hydroxylation is 1. The third-order valence-electron chi connectivity index (χ3n) is 1.71. The lowest BCUT2D eigenvalue weighted by Crippen LogP contribution is -2.12. The molecule has 1 aromatic heterocycles. The maximum Gasteiger partial charge on any atom is 0.116 e. The molecule has 0 saturated carbocycles. The van der Waals surface area contributed by atoms with E-state index in [4.69, 9.17) is 4.79 Å². The molecule has 0 unspecified atom stereocenters. The standard InChI is InChI=1S/C9H14N2.C2H4O/c1-3-10-6-9-7-11-5-4-8(9)2;1-2-3/h4-5,7,10H,3,6H2,1-2H3;2H,1H3. The molecule has 1 heterocycles. The Kier molecular flexibility index (Phi) is 7.65. The summed E-state index contributed by atoms with van der Waals surface area (Å²) in [7, 11) is 0. The van der Waals surface area contributed by atoms with Gasteiger partial charge in [-0.1, -0.05) is 6.92 Å². The second-order valence-electron chi connectivity index (χ2n) is 2.82. The molecule has 1 N–H and O–H groups in total. The summed E-state index contributed by atoms with van der Waals surface area (Å²) in [4.78, 5) is 12.9. The molecule has 0 bridgehead atoms. The lowest BCUT2D eigenvalue weighted by atomic mass is 10.2. The van der Waals surface area contributed by atoms with Gasteiger partial charge in [0.25, 0.3) is 0 Å². The van der Waals surface area contributed by atoms with Gasteiger partial charge in [-0.25, -0.2) is 0 Å². The van der Waals surface area contributed by atoms with Gasteiger partial charge in [0.2, 0.25) is 0 Å². The first-order valence-corrected chi connectivity index (χ1v) is 4.76. The summed E-state index contributed by atoms with van der Waals surface area (Å²) >= 11 is 0. The van der Waals surface area contributed by atoms with Gasteiger partial charge < -0.3 is 10.1 Å². The van der Waals surface area contributed by atoms with Crippen molar-refractivity contribution in [2.75, 3.05) is 6.54 Å². The molecule has 0 aliphatic carbocycles. The normalized spacial score (nSPS) is 8.79. The van der Waals surface area contributed by atoms with Gasteiger partial charge in [-0.15, -0.1) is 0 Å². The third kappa shape index (κ3) is 5.43. The molecule has 0 spiro atoms. The maximum atomic E-state index is 8.81. The van der Waals surface area contributed by atoms with Crippen molar-refractivity contribution in [3.8, 4) is 0 Å². The fraction of sp³-hybridized carbons (Fsp3) is 0.455. The molecule has 1 aromatic rings. The van der Waals surface area contributed by atoms with Crippen molar-refractivity contribution < 1.29 is 4.79 Å². The zero-order valence-corrected chi connectivity index (χ0v) is 9.08. The minimum Gasteiger partial charge on any atom is -0.313 e. The maximum absolute atomic E-state index is 8.81. The summed E-state index contributed by atoms with van der Waals surface area (Å²) in [5, 5.41) is 3.27. The Bertz CT molecular complexity index is 261. The number of nitrogens with one attached hydrogen (secondary N) is 1. The number of rotatable bonds is 3. The van der Waals surface area contributed by atoms with E-state index in [1.165, 1.54) is 18.1 Å². The number of nitrogens with zero attached hydrogens (tertiary/aromatic N) is 1. The molecule has 0 atom stereocenters. The zero-order valence-electron chi connectivity index (χ0n) is 9.08. The predicted octanol–water partition coefficient (Wildman–Crippen LogP) is 1.70. The highest BCUT2D eigenvalue weighted by atomic mass is 16.1. The molecule has 0 aliphatic rings. The molecule has 3 nitrogen and oxygen atoms in total. The van der Waals surface area contributed by atoms with Crippen LogP contribution < -0.4 is 5.32 Å². The number of aldehydes is 1. The van der Waals surface area contributed by atoms with Crippen LogP contribution in [0.15, 0.2) is 18.5 Å². The molecule has 0 aliphatic heterocycles. The Hall–Kier alpha value is -1.22. The highest BCUT2D eigenvalue weighted by molar-refractivity contribution is 5.44. The van der Waals surface area contributed by atoms with Gasteiger partial charge >= 0.3 is 0 Å². The SMILES string of the molecule is CC=O.CCNCc1cnccc1C. The van der Waals surface area contributed by atoms with Crippen LogP contribution >= 0.6 is 0 Å². The van der Waals surface area contributed by atoms with Gasteiger partial charge in [-0.3, -0.25) is 4.98 Å². The molecule has 0 amide bonds. The topological polar surface area (TPSA) is 42.0 Å². The first-order valence-electron chi connectivity index (χ1n) is 4.76. The van der Waals surface area contributed by atoms with Crippen LogP contribution in [0.2, 0.25) is 0 Å².